The van der Waals surface area contributed by atoms with Crippen LogP contribution >= 0.6 is 22.6 Å². The minimum Gasteiger partial charge on any atom is -0.493 e. The lowest BCUT2D eigenvalue weighted by Crippen LogP contribution is -2.09. The number of imidazole rings is 1. The van der Waals surface area contributed by atoms with Gasteiger partial charge in [-0.1, -0.05) is 0 Å². The second-order valence-electron chi connectivity index (χ2n) is 6.55. The molecule has 0 amide bonds. The van der Waals surface area contributed by atoms with E-state index in [1.54, 1.807) is 0 Å². The molecule has 3 aromatic rings. The lowest BCUT2D eigenvalue weighted by atomic mass is 10.1. The fraction of sp³-hybridized carbons (Fsp3) is 0.389. The number of hydrogen-bond acceptors (Lipinski definition) is 6. The van der Waals surface area contributed by atoms with Crippen molar-refractivity contribution in [1.29, 1.82) is 0 Å². The van der Waals surface area contributed by atoms with Crippen LogP contribution in [0.3, 0.4) is 0 Å². The molecule has 1 aliphatic heterocycles. The highest BCUT2D eigenvalue weighted by Gasteiger charge is 2.20. The van der Waals surface area contributed by atoms with Crippen molar-refractivity contribution in [2.24, 2.45) is 5.73 Å². The van der Waals surface area contributed by atoms with Crippen molar-refractivity contribution in [2.75, 3.05) is 18.9 Å². The van der Waals surface area contributed by atoms with Crippen LogP contribution in [0.1, 0.15) is 29.8 Å². The van der Waals surface area contributed by atoms with Crippen LogP contribution in [0.4, 0.5) is 10.2 Å². The Morgan fingerprint density at radius 3 is 2.89 bits per heavy atom. The maximum atomic E-state index is 13.7. The minimum absolute atomic E-state index is 0.0586. The van der Waals surface area contributed by atoms with E-state index in [0.29, 0.717) is 30.7 Å². The molecule has 0 fully saturated rings. The number of aromatic nitrogens is 4. The fourth-order valence-corrected chi connectivity index (χ4v) is 4.09. The van der Waals surface area contributed by atoms with Crippen LogP contribution in [0, 0.1) is 9.65 Å². The van der Waals surface area contributed by atoms with E-state index in [1.807, 2.05) is 4.57 Å². The quantitative estimate of drug-likeness (QED) is 0.318. The van der Waals surface area contributed by atoms with Gasteiger partial charge in [0.05, 0.1) is 6.61 Å². The summed E-state index contributed by atoms with van der Waals surface area (Å²) in [7, 11) is 0. The number of anilines is 1. The smallest absolute Gasteiger partial charge is 0.312 e. The third kappa shape index (κ3) is 3.57. The van der Waals surface area contributed by atoms with Crippen LogP contribution in [-0.2, 0) is 19.4 Å². The molecule has 0 atom stereocenters. The first kappa shape index (κ1) is 18.4. The van der Waals surface area contributed by atoms with Crippen molar-refractivity contribution >= 4 is 39.6 Å². The Kier molecular flexibility index (Phi) is 5.13. The van der Waals surface area contributed by atoms with Gasteiger partial charge in [-0.05, 0) is 65.2 Å². The number of hydrogen-bond donors (Lipinski definition) is 2. The summed E-state index contributed by atoms with van der Waals surface area (Å²) < 4.78 is 22.5. The van der Waals surface area contributed by atoms with Gasteiger partial charge in [0, 0.05) is 23.0 Å². The molecule has 4 N–H and O–H groups in total. The SMILES string of the molecule is NCCCCn1c(Cc2cc3c(cc2I)CCO3)nc2c(N)nc(F)nc21. The zero-order valence-electron chi connectivity index (χ0n) is 14.7. The van der Waals surface area contributed by atoms with E-state index < -0.39 is 6.08 Å². The van der Waals surface area contributed by atoms with Gasteiger partial charge in [0.15, 0.2) is 17.0 Å². The van der Waals surface area contributed by atoms with E-state index in [1.165, 1.54) is 5.56 Å². The molecule has 0 radical (unpaired) electrons. The van der Waals surface area contributed by atoms with Gasteiger partial charge >= 0.3 is 6.08 Å². The summed E-state index contributed by atoms with van der Waals surface area (Å²) in [6, 6.07) is 4.23. The molecule has 0 unspecified atom stereocenters. The number of nitrogens with zero attached hydrogens (tertiary/aromatic N) is 4. The van der Waals surface area contributed by atoms with E-state index in [4.69, 9.17) is 16.2 Å². The third-order valence-corrected chi connectivity index (χ3v) is 5.72. The van der Waals surface area contributed by atoms with E-state index in [0.717, 1.165) is 46.6 Å². The zero-order chi connectivity index (χ0) is 19.0. The molecular weight excluding hydrogens is 462 g/mol. The van der Waals surface area contributed by atoms with Gasteiger partial charge in [-0.2, -0.15) is 14.4 Å². The summed E-state index contributed by atoms with van der Waals surface area (Å²) >= 11 is 2.34. The first-order chi connectivity index (χ1) is 13.1. The second-order valence-corrected chi connectivity index (χ2v) is 7.71. The van der Waals surface area contributed by atoms with Crippen LogP contribution in [0.2, 0.25) is 0 Å². The highest BCUT2D eigenvalue weighted by atomic mass is 127. The number of rotatable bonds is 6. The van der Waals surface area contributed by atoms with E-state index in [2.05, 4.69) is 49.7 Å². The molecule has 7 nitrogen and oxygen atoms in total. The largest absolute Gasteiger partial charge is 0.493 e. The molecule has 0 spiro atoms. The number of aryl methyl sites for hydroxylation is 1. The van der Waals surface area contributed by atoms with Gasteiger partial charge in [-0.15, -0.1) is 0 Å². The van der Waals surface area contributed by atoms with Crippen molar-refractivity contribution in [3.05, 3.63) is 38.7 Å². The van der Waals surface area contributed by atoms with Crippen molar-refractivity contribution < 1.29 is 9.13 Å². The van der Waals surface area contributed by atoms with E-state index in [9.17, 15) is 4.39 Å². The monoisotopic (exact) mass is 482 g/mol. The number of unbranched alkanes of at least 4 members (excludes halogenated alkanes) is 1. The summed E-state index contributed by atoms with van der Waals surface area (Å²) in [6.45, 7) is 1.97. The normalized spacial score (nSPS) is 13.1. The van der Waals surface area contributed by atoms with Crippen molar-refractivity contribution in [1.82, 2.24) is 19.5 Å². The summed E-state index contributed by atoms with van der Waals surface area (Å²) in [5.74, 6) is 1.77. The van der Waals surface area contributed by atoms with Crippen LogP contribution in [0.15, 0.2) is 12.1 Å². The summed E-state index contributed by atoms with van der Waals surface area (Å²) in [6.07, 6.45) is 2.40. The molecule has 27 heavy (non-hydrogen) atoms. The summed E-state index contributed by atoms with van der Waals surface area (Å²) in [4.78, 5) is 12.2. The molecule has 1 aliphatic rings. The Labute approximate surface area is 169 Å². The molecule has 0 aliphatic carbocycles. The Bertz CT molecular complexity index is 1010. The lowest BCUT2D eigenvalue weighted by Gasteiger charge is -2.11. The van der Waals surface area contributed by atoms with Crippen molar-refractivity contribution in [2.45, 2.75) is 32.2 Å². The predicted octanol–water partition coefficient (Wildman–Crippen LogP) is 2.42. The van der Waals surface area contributed by atoms with Crippen molar-refractivity contribution in [3.63, 3.8) is 0 Å². The van der Waals surface area contributed by atoms with Gasteiger partial charge in [0.1, 0.15) is 11.6 Å². The molecule has 3 heterocycles. The van der Waals surface area contributed by atoms with Gasteiger partial charge in [-0.3, -0.25) is 0 Å². The Morgan fingerprint density at radius 1 is 1.22 bits per heavy atom. The predicted molar refractivity (Wildman–Crippen MR) is 109 cm³/mol. The van der Waals surface area contributed by atoms with E-state index in [-0.39, 0.29) is 5.82 Å². The molecule has 9 heteroatoms. The topological polar surface area (TPSA) is 105 Å². The number of nitrogens with two attached hydrogens (primary N) is 2. The number of halogens is 2. The molecule has 1 aromatic carbocycles. The average Bonchev–Trinajstić information content (AvgIpc) is 3.20. The second kappa shape index (κ2) is 7.55. The zero-order valence-corrected chi connectivity index (χ0v) is 16.9. The molecule has 4 rings (SSSR count). The summed E-state index contributed by atoms with van der Waals surface area (Å²) in [5.41, 5.74) is 14.7. The maximum Gasteiger partial charge on any atom is 0.312 e. The molecule has 2 aromatic heterocycles. The van der Waals surface area contributed by atoms with Gasteiger partial charge < -0.3 is 20.8 Å². The Balaban J connectivity index is 1.76. The Hall–Kier alpha value is -2.01. The number of nitrogen functional groups attached to an aromatic ring is 1. The highest BCUT2D eigenvalue weighted by Crippen LogP contribution is 2.31. The van der Waals surface area contributed by atoms with E-state index >= 15 is 0 Å². The Morgan fingerprint density at radius 2 is 2.07 bits per heavy atom. The standard InChI is InChI=1S/C18H20FIN6O/c19-18-24-16(22)15-17(25-18)26(5-2-1-4-21)14(23-15)9-11-8-13-10(3-6-27-13)7-12(11)20/h7-8H,1-6,9,21H2,(H2,22,24,25). The van der Waals surface area contributed by atoms with Crippen LogP contribution < -0.4 is 16.2 Å². The van der Waals surface area contributed by atoms with Crippen LogP contribution in [0.5, 0.6) is 5.75 Å². The third-order valence-electron chi connectivity index (χ3n) is 4.72. The number of fused-ring (bicyclic) bond motifs is 2. The first-order valence-electron chi connectivity index (χ1n) is 8.89. The number of benzene rings is 1. The van der Waals surface area contributed by atoms with Gasteiger partial charge in [0.2, 0.25) is 0 Å². The summed E-state index contributed by atoms with van der Waals surface area (Å²) in [5, 5.41) is 0. The minimum atomic E-state index is -0.841. The first-order valence-corrected chi connectivity index (χ1v) is 9.97. The molecule has 0 bridgehead atoms. The van der Waals surface area contributed by atoms with Crippen LogP contribution in [-0.4, -0.2) is 32.7 Å². The highest BCUT2D eigenvalue weighted by molar-refractivity contribution is 14.1. The number of ether oxygens (including phenoxy) is 1. The molecule has 142 valence electrons. The van der Waals surface area contributed by atoms with Gasteiger partial charge in [-0.25, -0.2) is 4.98 Å². The lowest BCUT2D eigenvalue weighted by molar-refractivity contribution is 0.356. The molecular formula is C18H20FIN6O. The maximum absolute atomic E-state index is 13.7. The van der Waals surface area contributed by atoms with Crippen molar-refractivity contribution in [3.8, 4) is 5.75 Å². The van der Waals surface area contributed by atoms with Gasteiger partial charge in [0.25, 0.3) is 0 Å². The molecule has 0 saturated heterocycles. The average molecular weight is 482 g/mol. The molecule has 0 saturated carbocycles. The fourth-order valence-electron chi connectivity index (χ4n) is 3.37. The van der Waals surface area contributed by atoms with Crippen LogP contribution in [0.25, 0.3) is 11.2 Å².